The molecule has 0 radical (unpaired) electrons. The number of para-hydroxylation sites is 1. The number of nitriles is 1. The van der Waals surface area contributed by atoms with Crippen molar-refractivity contribution in [3.63, 3.8) is 0 Å². The highest BCUT2D eigenvalue weighted by atomic mass is 19.1. The van der Waals surface area contributed by atoms with Crippen LogP contribution in [0, 0.1) is 17.1 Å². The van der Waals surface area contributed by atoms with Gasteiger partial charge in [-0.3, -0.25) is 0 Å². The van der Waals surface area contributed by atoms with Crippen LogP contribution in [0.3, 0.4) is 0 Å². The summed E-state index contributed by atoms with van der Waals surface area (Å²) in [4.78, 5) is 0. The van der Waals surface area contributed by atoms with E-state index in [0.29, 0.717) is 18.0 Å². The van der Waals surface area contributed by atoms with Gasteiger partial charge in [0.2, 0.25) is 0 Å². The Kier molecular flexibility index (Phi) is 6.59. The van der Waals surface area contributed by atoms with Crippen LogP contribution in [0.2, 0.25) is 0 Å². The summed E-state index contributed by atoms with van der Waals surface area (Å²) in [6, 6.07) is 14.0. The minimum atomic E-state index is -0.555. The zero-order valence-corrected chi connectivity index (χ0v) is 15.8. The van der Waals surface area contributed by atoms with Crippen LogP contribution in [0.15, 0.2) is 42.5 Å². The number of benzene rings is 2. The number of ether oxygens (including phenoxy) is 1. The average Bonchev–Trinajstić information content (AvgIpc) is 2.60. The Bertz CT molecular complexity index is 763. The Morgan fingerprint density at radius 3 is 2.46 bits per heavy atom. The van der Waals surface area contributed by atoms with Gasteiger partial charge in [-0.05, 0) is 51.5 Å². The Labute approximate surface area is 155 Å². The maximum Gasteiger partial charge on any atom is 0.187 e. The van der Waals surface area contributed by atoms with Crippen molar-refractivity contribution < 1.29 is 9.13 Å². The van der Waals surface area contributed by atoms with Crippen LogP contribution in [0.25, 0.3) is 0 Å². The lowest BCUT2D eigenvalue weighted by atomic mass is 10.1. The van der Waals surface area contributed by atoms with Crippen molar-refractivity contribution in [1.82, 2.24) is 5.43 Å². The molecular formula is C21H26FN3O. The van der Waals surface area contributed by atoms with Crippen LogP contribution in [-0.4, -0.2) is 12.1 Å². The van der Waals surface area contributed by atoms with Crippen molar-refractivity contribution in [3.8, 4) is 17.6 Å². The molecular weight excluding hydrogens is 329 g/mol. The van der Waals surface area contributed by atoms with Crippen LogP contribution in [-0.2, 0) is 0 Å². The smallest absolute Gasteiger partial charge is 0.187 e. The lowest BCUT2D eigenvalue weighted by Gasteiger charge is -2.34. The van der Waals surface area contributed by atoms with Crippen LogP contribution < -0.4 is 15.2 Å². The first-order valence-electron chi connectivity index (χ1n) is 8.86. The summed E-state index contributed by atoms with van der Waals surface area (Å²) in [6.07, 6.45) is 1.92. The van der Waals surface area contributed by atoms with E-state index in [1.54, 1.807) is 18.2 Å². The highest BCUT2D eigenvalue weighted by Gasteiger charge is 2.22. The Balaban J connectivity index is 2.50. The van der Waals surface area contributed by atoms with Gasteiger partial charge < -0.3 is 9.75 Å². The fraction of sp³-hybridized carbons (Fsp3) is 0.381. The third-order valence-electron chi connectivity index (χ3n) is 3.61. The summed E-state index contributed by atoms with van der Waals surface area (Å²) in [6.45, 7) is 8.88. The van der Waals surface area contributed by atoms with Gasteiger partial charge in [-0.15, -0.1) is 0 Å². The SMILES string of the molecule is CCCCN(NC(C)(C)C)c1cc(C#N)cc(F)c1Oc1ccccc1. The van der Waals surface area contributed by atoms with E-state index in [2.05, 4.69) is 12.3 Å². The van der Waals surface area contributed by atoms with Gasteiger partial charge in [-0.25, -0.2) is 9.82 Å². The molecule has 0 spiro atoms. The molecule has 0 heterocycles. The van der Waals surface area contributed by atoms with Gasteiger partial charge in [-0.2, -0.15) is 5.26 Å². The maximum absolute atomic E-state index is 14.8. The van der Waals surface area contributed by atoms with Gasteiger partial charge in [0.1, 0.15) is 5.75 Å². The molecule has 0 aliphatic carbocycles. The van der Waals surface area contributed by atoms with Crippen LogP contribution >= 0.6 is 0 Å². The number of halogens is 1. The molecule has 0 unspecified atom stereocenters. The Morgan fingerprint density at radius 1 is 1.19 bits per heavy atom. The lowest BCUT2D eigenvalue weighted by Crippen LogP contribution is -2.50. The van der Waals surface area contributed by atoms with Gasteiger partial charge >= 0.3 is 0 Å². The normalized spacial score (nSPS) is 11.1. The maximum atomic E-state index is 14.8. The molecule has 2 rings (SSSR count). The van der Waals surface area contributed by atoms with E-state index in [1.165, 1.54) is 6.07 Å². The van der Waals surface area contributed by atoms with Crippen molar-refractivity contribution in [2.45, 2.75) is 46.1 Å². The van der Waals surface area contributed by atoms with E-state index >= 15 is 0 Å². The molecule has 0 saturated carbocycles. The molecule has 0 fully saturated rings. The highest BCUT2D eigenvalue weighted by Crippen LogP contribution is 2.36. The molecule has 0 atom stereocenters. The average molecular weight is 355 g/mol. The molecule has 2 aromatic rings. The molecule has 0 bridgehead atoms. The minimum Gasteiger partial charge on any atom is -0.452 e. The third kappa shape index (κ3) is 5.47. The molecule has 138 valence electrons. The first-order valence-corrected chi connectivity index (χ1v) is 8.86. The molecule has 0 aromatic heterocycles. The standard InChI is InChI=1S/C21H26FN3O/c1-5-6-12-25(24-21(2,3)4)19-14-16(15-23)13-18(22)20(19)26-17-10-8-7-9-11-17/h7-11,13-14,24H,5-6,12H2,1-4H3. The predicted molar refractivity (Wildman–Crippen MR) is 103 cm³/mol. The fourth-order valence-corrected chi connectivity index (χ4v) is 2.51. The minimum absolute atomic E-state index is 0.114. The second kappa shape index (κ2) is 8.68. The van der Waals surface area contributed by atoms with E-state index in [-0.39, 0.29) is 16.9 Å². The first-order chi connectivity index (χ1) is 12.3. The van der Waals surface area contributed by atoms with Gasteiger partial charge in [-0.1, -0.05) is 31.5 Å². The monoisotopic (exact) mass is 355 g/mol. The first kappa shape index (κ1) is 19.7. The summed E-state index contributed by atoms with van der Waals surface area (Å²) in [5.41, 5.74) is 3.95. The molecule has 4 nitrogen and oxygen atoms in total. The molecule has 26 heavy (non-hydrogen) atoms. The lowest BCUT2D eigenvalue weighted by molar-refractivity contribution is 0.392. The number of nitrogens with one attached hydrogen (secondary N) is 1. The molecule has 0 aliphatic heterocycles. The number of hydrogen-bond donors (Lipinski definition) is 1. The summed E-state index contributed by atoms with van der Waals surface area (Å²) < 4.78 is 20.6. The van der Waals surface area contributed by atoms with E-state index in [9.17, 15) is 9.65 Å². The molecule has 1 N–H and O–H groups in total. The van der Waals surface area contributed by atoms with Crippen molar-refractivity contribution >= 4 is 5.69 Å². The van der Waals surface area contributed by atoms with Gasteiger partial charge in [0.05, 0.1) is 17.3 Å². The van der Waals surface area contributed by atoms with Crippen LogP contribution in [0.1, 0.15) is 46.1 Å². The van der Waals surface area contributed by atoms with Crippen molar-refractivity contribution in [1.29, 1.82) is 5.26 Å². The molecule has 0 saturated heterocycles. The highest BCUT2D eigenvalue weighted by molar-refractivity contribution is 5.63. The quantitative estimate of drug-likeness (QED) is 0.676. The zero-order chi connectivity index (χ0) is 19.2. The number of rotatable bonds is 7. The largest absolute Gasteiger partial charge is 0.452 e. The summed E-state index contributed by atoms with van der Waals surface area (Å²) in [7, 11) is 0. The number of anilines is 1. The van der Waals surface area contributed by atoms with Gasteiger partial charge in [0.15, 0.2) is 11.6 Å². The predicted octanol–water partition coefficient (Wildman–Crippen LogP) is 5.40. The Hall–Kier alpha value is -2.58. The second-order valence-electron chi connectivity index (χ2n) is 7.20. The van der Waals surface area contributed by atoms with Gasteiger partial charge in [0.25, 0.3) is 0 Å². The van der Waals surface area contributed by atoms with E-state index in [1.807, 2.05) is 50.0 Å². The van der Waals surface area contributed by atoms with Crippen molar-refractivity contribution in [3.05, 3.63) is 53.8 Å². The number of nitrogens with zero attached hydrogens (tertiary/aromatic N) is 2. The molecule has 5 heteroatoms. The number of unbranched alkanes of at least 4 members (excludes halogenated alkanes) is 1. The Morgan fingerprint density at radius 2 is 1.88 bits per heavy atom. The van der Waals surface area contributed by atoms with Crippen molar-refractivity contribution in [2.75, 3.05) is 11.6 Å². The van der Waals surface area contributed by atoms with E-state index in [0.717, 1.165) is 12.8 Å². The van der Waals surface area contributed by atoms with E-state index in [4.69, 9.17) is 4.74 Å². The van der Waals surface area contributed by atoms with Crippen LogP contribution in [0.5, 0.6) is 11.5 Å². The third-order valence-corrected chi connectivity index (χ3v) is 3.61. The molecule has 0 aliphatic rings. The second-order valence-corrected chi connectivity index (χ2v) is 7.20. The number of hydrazine groups is 1. The zero-order valence-electron chi connectivity index (χ0n) is 15.8. The van der Waals surface area contributed by atoms with Crippen LogP contribution in [0.4, 0.5) is 10.1 Å². The topological polar surface area (TPSA) is 48.3 Å². The summed E-state index contributed by atoms with van der Waals surface area (Å²) in [5.74, 6) is 0.103. The van der Waals surface area contributed by atoms with Crippen molar-refractivity contribution in [2.24, 2.45) is 0 Å². The molecule has 2 aromatic carbocycles. The fourth-order valence-electron chi connectivity index (χ4n) is 2.51. The molecule has 0 amide bonds. The summed E-state index contributed by atoms with van der Waals surface area (Å²) in [5, 5.41) is 11.1. The number of hydrogen-bond acceptors (Lipinski definition) is 4. The van der Waals surface area contributed by atoms with Gasteiger partial charge in [0, 0.05) is 12.1 Å². The van der Waals surface area contributed by atoms with E-state index < -0.39 is 5.82 Å². The summed E-state index contributed by atoms with van der Waals surface area (Å²) >= 11 is 0.